The van der Waals surface area contributed by atoms with Crippen molar-refractivity contribution in [3.05, 3.63) is 53.6 Å². The van der Waals surface area contributed by atoms with Crippen molar-refractivity contribution < 1.29 is 19.1 Å². The summed E-state index contributed by atoms with van der Waals surface area (Å²) in [5.41, 5.74) is 2.33. The van der Waals surface area contributed by atoms with E-state index in [4.69, 9.17) is 9.47 Å². The maximum atomic E-state index is 13.2. The average Bonchev–Trinajstić information content (AvgIpc) is 3.64. The monoisotopic (exact) mass is 438 g/mol. The minimum atomic E-state index is -0.0313. The molecular weight excluding hydrogens is 404 g/mol. The van der Waals surface area contributed by atoms with E-state index in [1.54, 1.807) is 24.3 Å². The molecule has 1 aliphatic carbocycles. The van der Waals surface area contributed by atoms with Crippen LogP contribution in [0.1, 0.15) is 62.4 Å². The number of carbonyl (C=O) groups is 2. The average molecular weight is 439 g/mol. The van der Waals surface area contributed by atoms with Gasteiger partial charge >= 0.3 is 0 Å². The number of ether oxygens (including phenoxy) is 2. The van der Waals surface area contributed by atoms with Gasteiger partial charge in [0, 0.05) is 30.3 Å². The first-order chi connectivity index (χ1) is 15.5. The molecule has 172 valence electrons. The highest BCUT2D eigenvalue weighted by Crippen LogP contribution is 2.31. The Labute approximate surface area is 190 Å². The first-order valence-corrected chi connectivity index (χ1v) is 11.6. The van der Waals surface area contributed by atoms with Crippen molar-refractivity contribution in [1.82, 2.24) is 4.90 Å². The lowest BCUT2D eigenvalue weighted by molar-refractivity contribution is -0.117. The lowest BCUT2D eigenvalue weighted by atomic mass is 10.1. The molecule has 2 aromatic rings. The molecule has 0 atom stereocenters. The summed E-state index contributed by atoms with van der Waals surface area (Å²) in [6, 6.07) is 13.0. The van der Waals surface area contributed by atoms with E-state index in [9.17, 15) is 9.59 Å². The fourth-order valence-corrected chi connectivity index (χ4v) is 3.46. The zero-order chi connectivity index (χ0) is 22.9. The van der Waals surface area contributed by atoms with Crippen LogP contribution in [-0.4, -0.2) is 36.5 Å². The van der Waals surface area contributed by atoms with Crippen molar-refractivity contribution in [2.45, 2.75) is 53.0 Å². The molecule has 6 nitrogen and oxygen atoms in total. The Hall–Kier alpha value is -3.02. The smallest absolute Gasteiger partial charge is 0.254 e. The van der Waals surface area contributed by atoms with Crippen LogP contribution in [0, 0.1) is 5.92 Å². The topological polar surface area (TPSA) is 67.9 Å². The van der Waals surface area contributed by atoms with Crippen LogP contribution in [0.15, 0.2) is 42.5 Å². The Kier molecular flexibility index (Phi) is 8.54. The highest BCUT2D eigenvalue weighted by molar-refractivity contribution is 5.96. The van der Waals surface area contributed by atoms with Gasteiger partial charge in [-0.15, -0.1) is 0 Å². The number of benzene rings is 2. The highest BCUT2D eigenvalue weighted by Gasteiger charge is 2.29. The molecule has 0 saturated heterocycles. The maximum absolute atomic E-state index is 13.2. The van der Waals surface area contributed by atoms with Crippen molar-refractivity contribution in [3.63, 3.8) is 0 Å². The van der Waals surface area contributed by atoms with Gasteiger partial charge in [0.15, 0.2) is 11.5 Å². The number of hydrogen-bond donors (Lipinski definition) is 1. The molecular formula is C26H34N2O4. The molecule has 1 aliphatic rings. The van der Waals surface area contributed by atoms with Crippen molar-refractivity contribution in [2.24, 2.45) is 5.92 Å². The van der Waals surface area contributed by atoms with Gasteiger partial charge in [0.05, 0.1) is 13.2 Å². The van der Waals surface area contributed by atoms with Gasteiger partial charge in [-0.25, -0.2) is 0 Å². The van der Waals surface area contributed by atoms with Gasteiger partial charge in [0.2, 0.25) is 5.91 Å². The number of carbonyl (C=O) groups excluding carboxylic acids is 2. The van der Waals surface area contributed by atoms with Crippen LogP contribution in [0.5, 0.6) is 11.5 Å². The molecule has 0 heterocycles. The van der Waals surface area contributed by atoms with E-state index >= 15 is 0 Å². The first kappa shape index (κ1) is 23.6. The van der Waals surface area contributed by atoms with Crippen LogP contribution in [0.2, 0.25) is 0 Å². The fraction of sp³-hybridized carbons (Fsp3) is 0.462. The minimum Gasteiger partial charge on any atom is -0.490 e. The Morgan fingerprint density at radius 1 is 0.969 bits per heavy atom. The number of nitrogens with zero attached hydrogens (tertiary/aromatic N) is 1. The quantitative estimate of drug-likeness (QED) is 0.490. The second-order valence-corrected chi connectivity index (χ2v) is 8.13. The summed E-state index contributed by atoms with van der Waals surface area (Å²) >= 11 is 0. The molecule has 1 saturated carbocycles. The fourth-order valence-electron chi connectivity index (χ4n) is 3.46. The molecule has 1 fully saturated rings. The Morgan fingerprint density at radius 2 is 1.72 bits per heavy atom. The number of hydrogen-bond acceptors (Lipinski definition) is 4. The van der Waals surface area contributed by atoms with Gasteiger partial charge in [-0.3, -0.25) is 9.59 Å². The molecule has 0 spiro atoms. The van der Waals surface area contributed by atoms with Crippen LogP contribution >= 0.6 is 0 Å². The summed E-state index contributed by atoms with van der Waals surface area (Å²) in [5, 5.41) is 2.91. The molecule has 32 heavy (non-hydrogen) atoms. The van der Waals surface area contributed by atoms with Crippen LogP contribution in [0.25, 0.3) is 0 Å². The molecule has 0 aromatic heterocycles. The summed E-state index contributed by atoms with van der Waals surface area (Å²) in [6.45, 7) is 8.39. The summed E-state index contributed by atoms with van der Waals surface area (Å²) in [5.74, 6) is 1.62. The normalized spacial score (nSPS) is 12.8. The predicted molar refractivity (Wildman–Crippen MR) is 126 cm³/mol. The highest BCUT2D eigenvalue weighted by atomic mass is 16.5. The summed E-state index contributed by atoms with van der Waals surface area (Å²) in [6.07, 6.45) is 3.71. The third kappa shape index (κ3) is 6.49. The van der Waals surface area contributed by atoms with Gasteiger partial charge in [0.1, 0.15) is 0 Å². The molecule has 0 bridgehead atoms. The zero-order valence-corrected chi connectivity index (χ0v) is 19.4. The van der Waals surface area contributed by atoms with E-state index in [1.807, 2.05) is 30.0 Å². The van der Waals surface area contributed by atoms with Gasteiger partial charge < -0.3 is 19.7 Å². The third-order valence-corrected chi connectivity index (χ3v) is 5.27. The lowest BCUT2D eigenvalue weighted by Crippen LogP contribution is -2.31. The number of amides is 2. The molecule has 0 radical (unpaired) electrons. The third-order valence-electron chi connectivity index (χ3n) is 5.27. The zero-order valence-electron chi connectivity index (χ0n) is 19.4. The molecule has 0 unspecified atom stereocenters. The number of rotatable bonds is 12. The number of anilines is 1. The van der Waals surface area contributed by atoms with E-state index in [2.05, 4.69) is 19.2 Å². The Bertz CT molecular complexity index is 907. The summed E-state index contributed by atoms with van der Waals surface area (Å²) < 4.78 is 11.5. The standard InChI is InChI=1S/C26H34N2O4/c1-4-15-28(18-19-7-14-23(32-16-5-2)24(17-19)31-6-3)26(30)21-10-12-22(13-11-21)27-25(29)20-8-9-20/h7,10-14,17,20H,4-6,8-9,15-16,18H2,1-3H3,(H,27,29). The summed E-state index contributed by atoms with van der Waals surface area (Å²) in [7, 11) is 0. The van der Waals surface area contributed by atoms with Crippen LogP contribution in [0.4, 0.5) is 5.69 Å². The molecule has 0 aliphatic heterocycles. The summed E-state index contributed by atoms with van der Waals surface area (Å²) in [4.78, 5) is 27.0. The van der Waals surface area contributed by atoms with Crippen molar-refractivity contribution in [3.8, 4) is 11.5 Å². The number of nitrogens with one attached hydrogen (secondary N) is 1. The second kappa shape index (κ2) is 11.6. The van der Waals surface area contributed by atoms with Crippen LogP contribution < -0.4 is 14.8 Å². The predicted octanol–water partition coefficient (Wildman–Crippen LogP) is 5.28. The first-order valence-electron chi connectivity index (χ1n) is 11.6. The Balaban J connectivity index is 1.70. The van der Waals surface area contributed by atoms with E-state index in [0.717, 1.165) is 42.7 Å². The van der Waals surface area contributed by atoms with Crippen LogP contribution in [-0.2, 0) is 11.3 Å². The second-order valence-electron chi connectivity index (χ2n) is 8.13. The van der Waals surface area contributed by atoms with Gasteiger partial charge in [-0.2, -0.15) is 0 Å². The van der Waals surface area contributed by atoms with E-state index in [0.29, 0.717) is 37.6 Å². The lowest BCUT2D eigenvalue weighted by Gasteiger charge is -2.23. The van der Waals surface area contributed by atoms with Crippen molar-refractivity contribution in [2.75, 3.05) is 25.1 Å². The van der Waals surface area contributed by atoms with E-state index in [-0.39, 0.29) is 17.7 Å². The van der Waals surface area contributed by atoms with Crippen LogP contribution in [0.3, 0.4) is 0 Å². The minimum absolute atomic E-state index is 0.0313. The molecule has 1 N–H and O–H groups in total. The maximum Gasteiger partial charge on any atom is 0.254 e. The molecule has 6 heteroatoms. The molecule has 2 amide bonds. The molecule has 2 aromatic carbocycles. The largest absolute Gasteiger partial charge is 0.490 e. The van der Waals surface area contributed by atoms with E-state index in [1.165, 1.54) is 0 Å². The van der Waals surface area contributed by atoms with Gasteiger partial charge in [-0.05, 0) is 74.6 Å². The Morgan fingerprint density at radius 3 is 2.34 bits per heavy atom. The van der Waals surface area contributed by atoms with E-state index < -0.39 is 0 Å². The van der Waals surface area contributed by atoms with Crippen molar-refractivity contribution in [1.29, 1.82) is 0 Å². The SMILES string of the molecule is CCCOc1ccc(CN(CCC)C(=O)c2ccc(NC(=O)C3CC3)cc2)cc1OCC. The van der Waals surface area contributed by atoms with Gasteiger partial charge in [-0.1, -0.05) is 19.9 Å². The molecule has 3 rings (SSSR count). The van der Waals surface area contributed by atoms with Gasteiger partial charge in [0.25, 0.3) is 5.91 Å². The van der Waals surface area contributed by atoms with Crippen molar-refractivity contribution >= 4 is 17.5 Å².